The zero-order valence-corrected chi connectivity index (χ0v) is 16.1. The van der Waals surface area contributed by atoms with E-state index in [0.29, 0.717) is 55.1 Å². The normalized spacial score (nSPS) is 16.6. The molecule has 28 heavy (non-hydrogen) atoms. The number of hydrogen-bond donors (Lipinski definition) is 1. The minimum absolute atomic E-state index is 0.123. The summed E-state index contributed by atoms with van der Waals surface area (Å²) in [6.07, 6.45) is 0. The number of rotatable bonds is 3. The van der Waals surface area contributed by atoms with Gasteiger partial charge in [0.1, 0.15) is 13.2 Å². The van der Waals surface area contributed by atoms with E-state index in [-0.39, 0.29) is 6.03 Å². The Morgan fingerprint density at radius 1 is 1.14 bits per heavy atom. The number of urea groups is 1. The fraction of sp³-hybridized carbons (Fsp3) is 0.400. The van der Waals surface area contributed by atoms with E-state index in [2.05, 4.69) is 22.2 Å². The number of fused-ring (bicyclic) bond motifs is 1. The summed E-state index contributed by atoms with van der Waals surface area (Å²) in [6, 6.07) is 9.10. The largest absolute Gasteiger partial charge is 0.486 e. The highest BCUT2D eigenvalue weighted by atomic mass is 16.6. The van der Waals surface area contributed by atoms with Gasteiger partial charge in [-0.2, -0.15) is 0 Å². The Hall–Kier alpha value is -3.00. The molecular weight excluding hydrogens is 360 g/mol. The monoisotopic (exact) mass is 384 g/mol. The van der Waals surface area contributed by atoms with E-state index in [1.54, 1.807) is 13.2 Å². The van der Waals surface area contributed by atoms with Crippen molar-refractivity contribution in [3.05, 3.63) is 30.3 Å². The zero-order valence-electron chi connectivity index (χ0n) is 16.1. The topological polar surface area (TPSA) is 76.2 Å². The van der Waals surface area contributed by atoms with Crippen molar-refractivity contribution in [3.63, 3.8) is 0 Å². The summed E-state index contributed by atoms with van der Waals surface area (Å²) < 4.78 is 16.8. The number of nitrogens with zero attached hydrogens (tertiary/aromatic N) is 3. The smallest absolute Gasteiger partial charge is 0.321 e. The van der Waals surface area contributed by atoms with Crippen molar-refractivity contribution in [3.8, 4) is 28.6 Å². The first-order valence-electron chi connectivity index (χ1n) is 9.33. The number of likely N-dealkylation sites (N-methyl/N-ethyl adjacent to an activating group) is 1. The minimum Gasteiger partial charge on any atom is -0.486 e. The van der Waals surface area contributed by atoms with Gasteiger partial charge in [0.2, 0.25) is 5.88 Å². The molecule has 2 aliphatic heterocycles. The Kier molecular flexibility index (Phi) is 5.21. The Morgan fingerprint density at radius 3 is 2.71 bits per heavy atom. The van der Waals surface area contributed by atoms with Crippen LogP contribution in [0.25, 0.3) is 11.3 Å². The summed E-state index contributed by atoms with van der Waals surface area (Å²) in [5, 5.41) is 2.97. The number of carbonyl (C=O) groups is 1. The molecule has 0 saturated carbocycles. The van der Waals surface area contributed by atoms with Crippen molar-refractivity contribution in [1.29, 1.82) is 0 Å². The van der Waals surface area contributed by atoms with Crippen LogP contribution in [0.2, 0.25) is 0 Å². The number of ether oxygens (including phenoxy) is 3. The van der Waals surface area contributed by atoms with E-state index >= 15 is 0 Å². The van der Waals surface area contributed by atoms with Crippen LogP contribution >= 0.6 is 0 Å². The molecule has 1 aromatic carbocycles. The van der Waals surface area contributed by atoms with Gasteiger partial charge in [-0.05, 0) is 25.2 Å². The molecule has 0 bridgehead atoms. The lowest BCUT2D eigenvalue weighted by molar-refractivity contribution is 0.164. The highest BCUT2D eigenvalue weighted by Crippen LogP contribution is 2.40. The van der Waals surface area contributed by atoms with E-state index in [9.17, 15) is 4.79 Å². The summed E-state index contributed by atoms with van der Waals surface area (Å²) >= 11 is 0. The van der Waals surface area contributed by atoms with Crippen LogP contribution in [0, 0.1) is 0 Å². The van der Waals surface area contributed by atoms with Crippen LogP contribution in [0.3, 0.4) is 0 Å². The third kappa shape index (κ3) is 3.82. The molecule has 8 heteroatoms. The quantitative estimate of drug-likeness (QED) is 0.875. The van der Waals surface area contributed by atoms with Crippen LogP contribution < -0.4 is 19.5 Å². The van der Waals surface area contributed by atoms with Crippen LogP contribution in [0.15, 0.2) is 30.3 Å². The van der Waals surface area contributed by atoms with E-state index in [4.69, 9.17) is 14.2 Å². The number of para-hydroxylation sites is 1. The Bertz CT molecular complexity index is 865. The van der Waals surface area contributed by atoms with Gasteiger partial charge in [0.25, 0.3) is 0 Å². The van der Waals surface area contributed by atoms with Crippen LogP contribution in [0.4, 0.5) is 10.5 Å². The van der Waals surface area contributed by atoms with Crippen molar-refractivity contribution in [2.75, 3.05) is 58.9 Å². The summed E-state index contributed by atoms with van der Waals surface area (Å²) in [5.41, 5.74) is 2.07. The minimum atomic E-state index is -0.123. The highest BCUT2D eigenvalue weighted by molar-refractivity contribution is 5.90. The number of methoxy groups -OCH3 is 1. The maximum atomic E-state index is 12.6. The predicted octanol–water partition coefficient (Wildman–Crippen LogP) is 2.31. The number of amides is 2. The van der Waals surface area contributed by atoms with Crippen molar-refractivity contribution in [2.24, 2.45) is 0 Å². The van der Waals surface area contributed by atoms with Gasteiger partial charge in [0, 0.05) is 43.5 Å². The number of carbonyl (C=O) groups excluding carboxylic acids is 1. The van der Waals surface area contributed by atoms with Gasteiger partial charge in [-0.25, -0.2) is 9.78 Å². The van der Waals surface area contributed by atoms with Gasteiger partial charge in [-0.1, -0.05) is 6.07 Å². The number of piperazine rings is 1. The average Bonchev–Trinajstić information content (AvgIpc) is 2.73. The third-order valence-corrected chi connectivity index (χ3v) is 4.89. The van der Waals surface area contributed by atoms with Crippen molar-refractivity contribution >= 4 is 11.7 Å². The third-order valence-electron chi connectivity index (χ3n) is 4.89. The lowest BCUT2D eigenvalue weighted by atomic mass is 10.1. The molecule has 0 atom stereocenters. The second-order valence-corrected chi connectivity index (χ2v) is 6.83. The highest BCUT2D eigenvalue weighted by Gasteiger charge is 2.21. The van der Waals surface area contributed by atoms with Crippen LogP contribution in [-0.4, -0.2) is 74.4 Å². The number of nitrogens with one attached hydrogen (secondary N) is 1. The summed E-state index contributed by atoms with van der Waals surface area (Å²) in [6.45, 7) is 4.15. The number of hydrogen-bond acceptors (Lipinski definition) is 6. The number of pyridine rings is 1. The number of benzene rings is 1. The Morgan fingerprint density at radius 2 is 1.93 bits per heavy atom. The SMILES string of the molecule is COc1cc(NC(=O)N2CCN(C)CC2)cc(-c2cccc3c2OCCO3)n1. The molecule has 2 aromatic rings. The molecule has 8 nitrogen and oxygen atoms in total. The molecule has 1 aromatic heterocycles. The van der Waals surface area contributed by atoms with E-state index in [1.165, 1.54) is 0 Å². The van der Waals surface area contributed by atoms with Crippen LogP contribution in [0.5, 0.6) is 17.4 Å². The molecule has 0 unspecified atom stereocenters. The molecule has 4 rings (SSSR count). The number of anilines is 1. The molecule has 2 amide bonds. The van der Waals surface area contributed by atoms with Crippen molar-refractivity contribution < 1.29 is 19.0 Å². The Labute approximate surface area is 164 Å². The molecule has 0 radical (unpaired) electrons. The van der Waals surface area contributed by atoms with Gasteiger partial charge in [0.15, 0.2) is 11.5 Å². The molecular formula is C20H24N4O4. The van der Waals surface area contributed by atoms with Crippen LogP contribution in [-0.2, 0) is 0 Å². The van der Waals surface area contributed by atoms with E-state index < -0.39 is 0 Å². The molecule has 1 saturated heterocycles. The molecule has 1 fully saturated rings. The first-order chi connectivity index (χ1) is 13.6. The van der Waals surface area contributed by atoms with Gasteiger partial charge < -0.3 is 29.3 Å². The van der Waals surface area contributed by atoms with E-state index in [0.717, 1.165) is 18.7 Å². The summed E-state index contributed by atoms with van der Waals surface area (Å²) in [4.78, 5) is 21.2. The fourth-order valence-corrected chi connectivity index (χ4v) is 3.31. The second-order valence-electron chi connectivity index (χ2n) is 6.83. The first kappa shape index (κ1) is 18.4. The van der Waals surface area contributed by atoms with Crippen molar-refractivity contribution in [1.82, 2.24) is 14.8 Å². The predicted molar refractivity (Wildman–Crippen MR) is 105 cm³/mol. The molecule has 2 aliphatic rings. The molecule has 148 valence electrons. The lowest BCUT2D eigenvalue weighted by Crippen LogP contribution is -2.48. The molecule has 1 N–H and O–H groups in total. The number of aromatic nitrogens is 1. The first-order valence-corrected chi connectivity index (χ1v) is 9.33. The zero-order chi connectivity index (χ0) is 19.5. The maximum Gasteiger partial charge on any atom is 0.321 e. The van der Waals surface area contributed by atoms with Crippen molar-refractivity contribution in [2.45, 2.75) is 0 Å². The molecule has 0 spiro atoms. The molecule has 3 heterocycles. The van der Waals surface area contributed by atoms with Gasteiger partial charge in [-0.3, -0.25) is 0 Å². The summed E-state index contributed by atoms with van der Waals surface area (Å²) in [5.74, 6) is 1.77. The van der Waals surface area contributed by atoms with Gasteiger partial charge >= 0.3 is 6.03 Å². The maximum absolute atomic E-state index is 12.6. The fourth-order valence-electron chi connectivity index (χ4n) is 3.31. The molecule has 0 aliphatic carbocycles. The summed E-state index contributed by atoms with van der Waals surface area (Å²) in [7, 11) is 3.61. The van der Waals surface area contributed by atoms with Crippen LogP contribution in [0.1, 0.15) is 0 Å². The lowest BCUT2D eigenvalue weighted by Gasteiger charge is -2.32. The van der Waals surface area contributed by atoms with Gasteiger partial charge in [0.05, 0.1) is 12.8 Å². The standard InChI is InChI=1S/C20H24N4O4/c1-23-6-8-24(9-7-23)20(25)21-14-12-16(22-18(13-14)26-2)15-4-3-5-17-19(15)28-11-10-27-17/h3-5,12-13H,6-11H2,1-2H3,(H,21,22,25). The average molecular weight is 384 g/mol. The Balaban J connectivity index is 1.61. The van der Waals surface area contributed by atoms with Gasteiger partial charge in [-0.15, -0.1) is 0 Å². The second kappa shape index (κ2) is 7.93. The van der Waals surface area contributed by atoms with E-state index in [1.807, 2.05) is 29.2 Å².